The number of rotatable bonds is 4. The van der Waals surface area contributed by atoms with Crippen molar-refractivity contribution in [2.75, 3.05) is 11.4 Å². The highest BCUT2D eigenvalue weighted by atomic mass is 35.5. The number of halogens is 1. The average molecular weight is 382 g/mol. The van der Waals surface area contributed by atoms with E-state index >= 15 is 0 Å². The molecule has 1 atom stereocenters. The van der Waals surface area contributed by atoms with Crippen molar-refractivity contribution in [2.24, 2.45) is 5.41 Å². The van der Waals surface area contributed by atoms with Gasteiger partial charge in [0.1, 0.15) is 0 Å². The number of carbonyl (C=O) groups is 1. The van der Waals surface area contributed by atoms with Crippen LogP contribution < -0.4 is 4.90 Å². The average Bonchev–Trinajstić information content (AvgIpc) is 3.17. The third-order valence-corrected chi connectivity index (χ3v) is 5.30. The lowest BCUT2D eigenvalue weighted by atomic mass is 9.76. The van der Waals surface area contributed by atoms with Crippen LogP contribution in [0.5, 0.6) is 0 Å². The second-order valence-corrected chi connectivity index (χ2v) is 7.58. The van der Waals surface area contributed by atoms with E-state index in [0.29, 0.717) is 29.8 Å². The molecule has 0 bridgehead atoms. The van der Waals surface area contributed by atoms with Crippen LogP contribution in [0.3, 0.4) is 0 Å². The van der Waals surface area contributed by atoms with E-state index in [-0.39, 0.29) is 5.91 Å². The third-order valence-electron chi connectivity index (χ3n) is 5.05. The van der Waals surface area contributed by atoms with E-state index in [2.05, 4.69) is 20.2 Å². The molecule has 1 aliphatic heterocycles. The van der Waals surface area contributed by atoms with Crippen LogP contribution in [0.2, 0.25) is 5.02 Å². The molecule has 0 radical (unpaired) electrons. The first kappa shape index (κ1) is 17.7. The Bertz CT molecular complexity index is 941. The number of piperidine rings is 1. The fourth-order valence-corrected chi connectivity index (χ4v) is 3.71. The topological polar surface area (TPSA) is 74.8 Å². The quantitative estimate of drug-likeness (QED) is 0.743. The number of aromatic amines is 1. The number of aromatic nitrogens is 4. The molecule has 0 saturated carbocycles. The molecular formula is C20H20ClN5O. The van der Waals surface area contributed by atoms with Gasteiger partial charge in [-0.1, -0.05) is 30.7 Å². The van der Waals surface area contributed by atoms with Crippen molar-refractivity contribution >= 4 is 23.5 Å². The number of anilines is 1. The summed E-state index contributed by atoms with van der Waals surface area (Å²) in [5.74, 6) is 1.13. The Kier molecular flexibility index (Phi) is 4.66. The molecule has 1 amide bonds. The van der Waals surface area contributed by atoms with Crippen LogP contribution in [0.15, 0.2) is 48.8 Å². The summed E-state index contributed by atoms with van der Waals surface area (Å²) in [4.78, 5) is 23.5. The van der Waals surface area contributed by atoms with Gasteiger partial charge in [-0.15, -0.1) is 0 Å². The van der Waals surface area contributed by atoms with E-state index in [1.54, 1.807) is 17.3 Å². The minimum absolute atomic E-state index is 0.0705. The van der Waals surface area contributed by atoms with Crippen LogP contribution in [0.4, 0.5) is 5.95 Å². The smallest absolute Gasteiger partial charge is 0.235 e. The summed E-state index contributed by atoms with van der Waals surface area (Å²) in [6, 6.07) is 11.4. The second-order valence-electron chi connectivity index (χ2n) is 7.14. The minimum Gasteiger partial charge on any atom is -0.281 e. The second kappa shape index (κ2) is 7.12. The van der Waals surface area contributed by atoms with E-state index in [0.717, 1.165) is 24.0 Å². The van der Waals surface area contributed by atoms with Gasteiger partial charge in [0.25, 0.3) is 0 Å². The molecule has 27 heavy (non-hydrogen) atoms. The molecule has 3 heterocycles. The van der Waals surface area contributed by atoms with Gasteiger partial charge in [0.2, 0.25) is 11.9 Å². The lowest BCUT2D eigenvalue weighted by molar-refractivity contribution is -0.129. The van der Waals surface area contributed by atoms with Gasteiger partial charge in [0, 0.05) is 29.5 Å². The van der Waals surface area contributed by atoms with Crippen LogP contribution in [0.25, 0.3) is 11.4 Å². The minimum atomic E-state index is -0.476. The Morgan fingerprint density at radius 2 is 1.93 bits per heavy atom. The predicted octanol–water partition coefficient (Wildman–Crippen LogP) is 3.90. The van der Waals surface area contributed by atoms with Gasteiger partial charge in [0.05, 0.1) is 5.41 Å². The maximum Gasteiger partial charge on any atom is 0.235 e. The summed E-state index contributed by atoms with van der Waals surface area (Å²) >= 11 is 5.98. The van der Waals surface area contributed by atoms with E-state index in [9.17, 15) is 4.79 Å². The summed E-state index contributed by atoms with van der Waals surface area (Å²) in [5, 5.41) is 7.88. The zero-order valence-electron chi connectivity index (χ0n) is 15.0. The highest BCUT2D eigenvalue weighted by molar-refractivity contribution is 6.30. The van der Waals surface area contributed by atoms with Crippen molar-refractivity contribution in [3.05, 3.63) is 59.4 Å². The molecule has 3 aromatic rings. The SMILES string of the molecule is CC1(Cc2ccc(Cl)cc2)CCCN(c2nc(-c3ccncc3)n[nH]2)C1=O. The van der Waals surface area contributed by atoms with Crippen molar-refractivity contribution in [3.63, 3.8) is 0 Å². The number of pyridine rings is 1. The van der Waals surface area contributed by atoms with Crippen molar-refractivity contribution in [1.29, 1.82) is 0 Å². The summed E-state index contributed by atoms with van der Waals surface area (Å²) in [7, 11) is 0. The van der Waals surface area contributed by atoms with Gasteiger partial charge < -0.3 is 0 Å². The molecule has 4 rings (SSSR count). The molecule has 1 aliphatic rings. The molecule has 1 aromatic carbocycles. The first-order chi connectivity index (χ1) is 13.0. The Balaban J connectivity index is 1.56. The van der Waals surface area contributed by atoms with Crippen molar-refractivity contribution < 1.29 is 4.79 Å². The van der Waals surface area contributed by atoms with E-state index in [4.69, 9.17) is 11.6 Å². The largest absolute Gasteiger partial charge is 0.281 e. The van der Waals surface area contributed by atoms with Crippen LogP contribution in [0, 0.1) is 5.41 Å². The zero-order chi connectivity index (χ0) is 18.9. The van der Waals surface area contributed by atoms with E-state index in [1.807, 2.05) is 43.3 Å². The fraction of sp³-hybridized carbons (Fsp3) is 0.300. The summed E-state index contributed by atoms with van der Waals surface area (Å²) in [5.41, 5.74) is 1.49. The van der Waals surface area contributed by atoms with Crippen LogP contribution in [-0.4, -0.2) is 32.6 Å². The fourth-order valence-electron chi connectivity index (χ4n) is 3.58. The maximum atomic E-state index is 13.3. The number of nitrogens with zero attached hydrogens (tertiary/aromatic N) is 4. The number of amides is 1. The molecule has 138 valence electrons. The molecule has 0 aliphatic carbocycles. The van der Waals surface area contributed by atoms with Gasteiger partial charge in [0.15, 0.2) is 5.82 Å². The van der Waals surface area contributed by atoms with Gasteiger partial charge in [-0.2, -0.15) is 10.1 Å². The maximum absolute atomic E-state index is 13.3. The van der Waals surface area contributed by atoms with Crippen molar-refractivity contribution in [3.8, 4) is 11.4 Å². The number of carbonyl (C=O) groups excluding carboxylic acids is 1. The van der Waals surface area contributed by atoms with Crippen LogP contribution >= 0.6 is 11.6 Å². The third kappa shape index (κ3) is 3.57. The molecule has 1 unspecified atom stereocenters. The predicted molar refractivity (Wildman–Crippen MR) is 104 cm³/mol. The molecule has 1 N–H and O–H groups in total. The summed E-state index contributed by atoms with van der Waals surface area (Å²) in [6.07, 6.45) is 5.82. The van der Waals surface area contributed by atoms with Gasteiger partial charge >= 0.3 is 0 Å². The van der Waals surface area contributed by atoms with Crippen molar-refractivity contribution in [1.82, 2.24) is 20.2 Å². The highest BCUT2D eigenvalue weighted by Crippen LogP contribution is 2.36. The first-order valence-electron chi connectivity index (χ1n) is 8.94. The lowest BCUT2D eigenvalue weighted by Crippen LogP contribution is -2.49. The highest BCUT2D eigenvalue weighted by Gasteiger charge is 2.41. The molecule has 1 fully saturated rings. The summed E-state index contributed by atoms with van der Waals surface area (Å²) in [6.45, 7) is 2.66. The Morgan fingerprint density at radius 1 is 1.19 bits per heavy atom. The molecule has 0 spiro atoms. The molecule has 1 saturated heterocycles. The molecule has 7 heteroatoms. The van der Waals surface area contributed by atoms with E-state index in [1.165, 1.54) is 0 Å². The monoisotopic (exact) mass is 381 g/mol. The first-order valence-corrected chi connectivity index (χ1v) is 9.32. The van der Waals surface area contributed by atoms with Gasteiger partial charge in [-0.25, -0.2) is 5.10 Å². The molecule has 2 aromatic heterocycles. The number of H-pyrrole nitrogens is 1. The summed E-state index contributed by atoms with van der Waals surface area (Å²) < 4.78 is 0. The standard InChI is InChI=1S/C20H20ClN5O/c1-20(13-14-3-5-16(21)6-4-14)9-2-12-26(18(20)27)19-23-17(24-25-19)15-7-10-22-11-8-15/h3-8,10-11H,2,9,12-13H2,1H3,(H,23,24,25). The van der Waals surface area contributed by atoms with Crippen LogP contribution in [0.1, 0.15) is 25.3 Å². The number of hydrogen-bond donors (Lipinski definition) is 1. The van der Waals surface area contributed by atoms with Crippen LogP contribution in [-0.2, 0) is 11.2 Å². The Morgan fingerprint density at radius 3 is 2.67 bits per heavy atom. The lowest BCUT2D eigenvalue weighted by Gasteiger charge is -2.38. The normalized spacial score (nSPS) is 20.1. The van der Waals surface area contributed by atoms with Gasteiger partial charge in [-0.05, 0) is 49.1 Å². The van der Waals surface area contributed by atoms with Gasteiger partial charge in [-0.3, -0.25) is 14.7 Å². The van der Waals surface area contributed by atoms with E-state index < -0.39 is 5.41 Å². The molecular weight excluding hydrogens is 362 g/mol. The Labute approximate surface area is 162 Å². The van der Waals surface area contributed by atoms with Crippen molar-refractivity contribution in [2.45, 2.75) is 26.2 Å². The Hall–Kier alpha value is -2.73. The zero-order valence-corrected chi connectivity index (χ0v) is 15.8. The number of hydrogen-bond acceptors (Lipinski definition) is 4. The molecule has 6 nitrogen and oxygen atoms in total. The number of nitrogens with one attached hydrogen (secondary N) is 1. The number of benzene rings is 1.